The van der Waals surface area contributed by atoms with Crippen molar-refractivity contribution in [3.8, 4) is 5.75 Å². The van der Waals surface area contributed by atoms with Crippen molar-refractivity contribution < 1.29 is 9.53 Å². The van der Waals surface area contributed by atoms with E-state index in [1.807, 2.05) is 31.2 Å². The minimum atomic E-state index is -0.204. The number of hydrogen-bond acceptors (Lipinski definition) is 2. The smallest absolute Gasteiger partial charge is 0.253 e. The number of carbonyl (C=O) groups excluding carboxylic acids is 1. The molecule has 2 aromatic carbocycles. The van der Waals surface area contributed by atoms with Crippen molar-refractivity contribution in [1.29, 1.82) is 0 Å². The summed E-state index contributed by atoms with van der Waals surface area (Å²) in [5.74, 6) is 0.580. The molecule has 21 heavy (non-hydrogen) atoms. The van der Waals surface area contributed by atoms with Crippen LogP contribution in [0.1, 0.15) is 28.9 Å². The first-order valence-electron chi connectivity index (χ1n) is 6.41. The van der Waals surface area contributed by atoms with E-state index in [1.54, 1.807) is 25.3 Å². The topological polar surface area (TPSA) is 38.3 Å². The Bertz CT molecular complexity index is 643. The van der Waals surface area contributed by atoms with Gasteiger partial charge < -0.3 is 10.1 Å². The fourth-order valence-electron chi connectivity index (χ4n) is 1.92. The van der Waals surface area contributed by atoms with Crippen LogP contribution in [0, 0.1) is 0 Å². The molecule has 0 bridgehead atoms. The molecule has 0 aliphatic rings. The molecule has 3 nitrogen and oxygen atoms in total. The number of carbonyl (C=O) groups is 1. The number of ether oxygens (including phenoxy) is 1. The molecule has 1 N–H and O–H groups in total. The third-order valence-electron chi connectivity index (χ3n) is 3.14. The van der Waals surface area contributed by atoms with Gasteiger partial charge in [-0.2, -0.15) is 0 Å². The van der Waals surface area contributed by atoms with Gasteiger partial charge in [0, 0.05) is 4.47 Å². The molecule has 0 aliphatic heterocycles. The van der Waals surface area contributed by atoms with Gasteiger partial charge >= 0.3 is 0 Å². The first-order valence-corrected chi connectivity index (χ1v) is 7.58. The summed E-state index contributed by atoms with van der Waals surface area (Å²) in [6, 6.07) is 12.6. The van der Waals surface area contributed by atoms with Gasteiger partial charge in [0.05, 0.1) is 23.7 Å². The predicted molar refractivity (Wildman–Crippen MR) is 88.0 cm³/mol. The van der Waals surface area contributed by atoms with Gasteiger partial charge in [0.2, 0.25) is 0 Å². The highest BCUT2D eigenvalue weighted by molar-refractivity contribution is 9.10. The van der Waals surface area contributed by atoms with Gasteiger partial charge in [0.15, 0.2) is 0 Å². The number of hydrogen-bond donors (Lipinski definition) is 1. The number of methoxy groups -OCH3 is 1. The Morgan fingerprint density at radius 2 is 1.90 bits per heavy atom. The van der Waals surface area contributed by atoms with Crippen LogP contribution in [0.2, 0.25) is 5.02 Å². The zero-order valence-corrected chi connectivity index (χ0v) is 14.0. The van der Waals surface area contributed by atoms with Gasteiger partial charge in [-0.25, -0.2) is 0 Å². The van der Waals surface area contributed by atoms with Crippen LogP contribution in [0.4, 0.5) is 0 Å². The van der Waals surface area contributed by atoms with E-state index in [4.69, 9.17) is 16.3 Å². The van der Waals surface area contributed by atoms with Gasteiger partial charge in [-0.3, -0.25) is 4.79 Å². The van der Waals surface area contributed by atoms with Crippen LogP contribution in [0.15, 0.2) is 46.9 Å². The maximum Gasteiger partial charge on any atom is 0.253 e. The second-order valence-electron chi connectivity index (χ2n) is 4.59. The summed E-state index contributed by atoms with van der Waals surface area (Å²) in [6.45, 7) is 1.92. The van der Waals surface area contributed by atoms with Crippen molar-refractivity contribution in [2.75, 3.05) is 7.11 Å². The number of amides is 1. The predicted octanol–water partition coefficient (Wildman–Crippen LogP) is 4.60. The Kier molecular flexibility index (Phi) is 5.26. The van der Waals surface area contributed by atoms with Gasteiger partial charge in [-0.05, 0) is 42.8 Å². The molecule has 2 aromatic rings. The Morgan fingerprint density at radius 3 is 2.52 bits per heavy atom. The summed E-state index contributed by atoms with van der Waals surface area (Å²) in [7, 11) is 1.62. The molecule has 0 spiro atoms. The lowest BCUT2D eigenvalue weighted by Gasteiger charge is -2.15. The van der Waals surface area contributed by atoms with Gasteiger partial charge in [-0.1, -0.05) is 39.7 Å². The van der Waals surface area contributed by atoms with Crippen molar-refractivity contribution in [3.05, 3.63) is 63.1 Å². The third-order valence-corrected chi connectivity index (χ3v) is 3.96. The fourth-order valence-corrected chi connectivity index (χ4v) is 2.49. The first-order chi connectivity index (χ1) is 10.0. The van der Waals surface area contributed by atoms with Crippen LogP contribution in [0.25, 0.3) is 0 Å². The lowest BCUT2D eigenvalue weighted by Crippen LogP contribution is -2.26. The molecular formula is C16H15BrClNO2. The molecule has 110 valence electrons. The first kappa shape index (κ1) is 15.9. The van der Waals surface area contributed by atoms with E-state index < -0.39 is 0 Å². The highest BCUT2D eigenvalue weighted by Crippen LogP contribution is 2.22. The molecule has 0 aliphatic carbocycles. The summed E-state index contributed by atoms with van der Waals surface area (Å²) in [4.78, 5) is 12.3. The fraction of sp³-hybridized carbons (Fsp3) is 0.188. The summed E-state index contributed by atoms with van der Waals surface area (Å²) >= 11 is 9.40. The number of rotatable bonds is 4. The van der Waals surface area contributed by atoms with Crippen LogP contribution in [-0.2, 0) is 0 Å². The maximum absolute atomic E-state index is 12.3. The zero-order valence-electron chi connectivity index (χ0n) is 11.7. The summed E-state index contributed by atoms with van der Waals surface area (Å²) in [5, 5.41) is 3.36. The Labute approximate surface area is 137 Å². The number of nitrogens with one attached hydrogen (secondary N) is 1. The van der Waals surface area contributed by atoms with E-state index in [9.17, 15) is 4.79 Å². The van der Waals surface area contributed by atoms with Gasteiger partial charge in [0.25, 0.3) is 5.91 Å². The number of halogens is 2. The van der Waals surface area contributed by atoms with Crippen LogP contribution in [-0.4, -0.2) is 13.0 Å². The van der Waals surface area contributed by atoms with Crippen LogP contribution in [0.5, 0.6) is 5.75 Å². The Morgan fingerprint density at radius 1 is 1.24 bits per heavy atom. The minimum absolute atomic E-state index is 0.126. The SMILES string of the molecule is COc1ccc(C(C)NC(=O)c2cc(Br)ccc2Cl)cc1. The molecule has 0 aromatic heterocycles. The largest absolute Gasteiger partial charge is 0.497 e. The third kappa shape index (κ3) is 3.99. The molecule has 0 radical (unpaired) electrons. The molecule has 1 atom stereocenters. The van der Waals surface area contributed by atoms with Crippen LogP contribution >= 0.6 is 27.5 Å². The van der Waals surface area contributed by atoms with Crippen molar-refractivity contribution >= 4 is 33.4 Å². The van der Waals surface area contributed by atoms with E-state index in [0.717, 1.165) is 15.8 Å². The molecule has 0 saturated carbocycles. The van der Waals surface area contributed by atoms with Crippen molar-refractivity contribution in [3.63, 3.8) is 0 Å². The number of benzene rings is 2. The molecule has 0 heterocycles. The molecule has 5 heteroatoms. The highest BCUT2D eigenvalue weighted by atomic mass is 79.9. The molecule has 1 unspecified atom stereocenters. The monoisotopic (exact) mass is 367 g/mol. The normalized spacial score (nSPS) is 11.8. The molecule has 0 saturated heterocycles. The van der Waals surface area contributed by atoms with E-state index in [-0.39, 0.29) is 11.9 Å². The molecule has 2 rings (SSSR count). The van der Waals surface area contributed by atoms with E-state index in [1.165, 1.54) is 0 Å². The zero-order chi connectivity index (χ0) is 15.4. The lowest BCUT2D eigenvalue weighted by atomic mass is 10.1. The van der Waals surface area contributed by atoms with E-state index in [0.29, 0.717) is 10.6 Å². The van der Waals surface area contributed by atoms with Gasteiger partial charge in [0.1, 0.15) is 5.75 Å². The molecule has 0 fully saturated rings. The lowest BCUT2D eigenvalue weighted by molar-refractivity contribution is 0.0940. The minimum Gasteiger partial charge on any atom is -0.497 e. The Balaban J connectivity index is 2.12. The highest BCUT2D eigenvalue weighted by Gasteiger charge is 2.14. The standard InChI is InChI=1S/C16H15BrClNO2/c1-10(11-3-6-13(21-2)7-4-11)19-16(20)14-9-12(17)5-8-15(14)18/h3-10H,1-2H3,(H,19,20). The molecular weight excluding hydrogens is 354 g/mol. The summed E-state index contributed by atoms with van der Waals surface area (Å²) < 4.78 is 5.93. The molecule has 1 amide bonds. The summed E-state index contributed by atoms with van der Waals surface area (Å²) in [6.07, 6.45) is 0. The van der Waals surface area contributed by atoms with Crippen molar-refractivity contribution in [1.82, 2.24) is 5.32 Å². The van der Waals surface area contributed by atoms with Crippen LogP contribution in [0.3, 0.4) is 0 Å². The maximum atomic E-state index is 12.3. The quantitative estimate of drug-likeness (QED) is 0.856. The Hall–Kier alpha value is -1.52. The average Bonchev–Trinajstić information content (AvgIpc) is 2.49. The second-order valence-corrected chi connectivity index (χ2v) is 5.92. The van der Waals surface area contributed by atoms with E-state index >= 15 is 0 Å². The van der Waals surface area contributed by atoms with Crippen molar-refractivity contribution in [2.45, 2.75) is 13.0 Å². The van der Waals surface area contributed by atoms with Gasteiger partial charge in [-0.15, -0.1) is 0 Å². The van der Waals surface area contributed by atoms with Crippen LogP contribution < -0.4 is 10.1 Å². The second kappa shape index (κ2) is 6.96. The summed E-state index contributed by atoms with van der Waals surface area (Å²) in [5.41, 5.74) is 1.45. The average molecular weight is 369 g/mol. The van der Waals surface area contributed by atoms with E-state index in [2.05, 4.69) is 21.2 Å². The van der Waals surface area contributed by atoms with Crippen molar-refractivity contribution in [2.24, 2.45) is 0 Å².